The average Bonchev–Trinajstić information content (AvgIpc) is 3.15. The quantitative estimate of drug-likeness (QED) is 0.632. The number of hydrogen-bond donors (Lipinski definition) is 0. The van der Waals surface area contributed by atoms with Crippen molar-refractivity contribution >= 4 is 33.9 Å². The number of rotatable bonds is 5. The lowest BCUT2D eigenvalue weighted by atomic mass is 9.94. The average molecular weight is 413 g/mol. The van der Waals surface area contributed by atoms with E-state index in [9.17, 15) is 14.4 Å². The van der Waals surface area contributed by atoms with Crippen LogP contribution in [0.3, 0.4) is 0 Å². The van der Waals surface area contributed by atoms with E-state index in [1.807, 2.05) is 18.2 Å². The topological polar surface area (TPSA) is 104 Å². The number of ether oxygens (including phenoxy) is 2. The maximum Gasteiger partial charge on any atom is 0.409 e. The minimum atomic E-state index is -0.489. The Kier molecular flexibility index (Phi) is 5.54. The van der Waals surface area contributed by atoms with Crippen molar-refractivity contribution in [1.82, 2.24) is 14.5 Å². The van der Waals surface area contributed by atoms with Crippen LogP contribution < -0.4 is 5.56 Å². The molecule has 9 nitrogen and oxygen atoms in total. The van der Waals surface area contributed by atoms with Crippen molar-refractivity contribution in [2.75, 3.05) is 20.8 Å². The fraction of sp³-hybridized carbons (Fsp3) is 0.429. The van der Waals surface area contributed by atoms with Gasteiger partial charge in [-0.3, -0.25) is 14.2 Å². The van der Waals surface area contributed by atoms with Crippen molar-refractivity contribution < 1.29 is 23.5 Å². The minimum Gasteiger partial charge on any atom is -0.453 e. The molecular weight excluding hydrogens is 390 g/mol. The van der Waals surface area contributed by atoms with Crippen molar-refractivity contribution in [2.24, 2.45) is 0 Å². The second-order valence-electron chi connectivity index (χ2n) is 7.34. The van der Waals surface area contributed by atoms with E-state index >= 15 is 0 Å². The van der Waals surface area contributed by atoms with Crippen LogP contribution in [-0.2, 0) is 20.8 Å². The maximum atomic E-state index is 12.8. The van der Waals surface area contributed by atoms with Crippen LogP contribution in [0.2, 0.25) is 0 Å². The molecule has 0 bridgehead atoms. The molecule has 2 atom stereocenters. The fourth-order valence-electron chi connectivity index (χ4n) is 4.10. The van der Waals surface area contributed by atoms with E-state index in [1.54, 1.807) is 13.2 Å². The Morgan fingerprint density at radius 1 is 1.27 bits per heavy atom. The number of hydrogen-bond acceptors (Lipinski definition) is 7. The number of fused-ring (bicyclic) bond motifs is 3. The monoisotopic (exact) mass is 413 g/mol. The van der Waals surface area contributed by atoms with Crippen LogP contribution in [0.15, 0.2) is 39.8 Å². The van der Waals surface area contributed by atoms with Crippen LogP contribution >= 0.6 is 0 Å². The van der Waals surface area contributed by atoms with E-state index in [-0.39, 0.29) is 30.4 Å². The van der Waals surface area contributed by atoms with E-state index < -0.39 is 17.7 Å². The van der Waals surface area contributed by atoms with Crippen LogP contribution in [0, 0.1) is 0 Å². The SMILES string of the molecule is COC(=O)N1CCCC(OC)C1CC(=O)Cn1cnc2c(oc3ccccc32)c1=O. The highest BCUT2D eigenvalue weighted by molar-refractivity contribution is 6.01. The molecule has 30 heavy (non-hydrogen) atoms. The molecule has 158 valence electrons. The maximum absolute atomic E-state index is 12.8. The van der Waals surface area contributed by atoms with E-state index in [1.165, 1.54) is 22.9 Å². The number of furan rings is 1. The zero-order valence-electron chi connectivity index (χ0n) is 16.9. The molecule has 0 aliphatic carbocycles. The zero-order chi connectivity index (χ0) is 21.3. The molecule has 0 radical (unpaired) electrons. The molecular formula is C21H23N3O6. The van der Waals surface area contributed by atoms with Gasteiger partial charge in [-0.15, -0.1) is 0 Å². The second kappa shape index (κ2) is 8.27. The molecule has 1 saturated heterocycles. The van der Waals surface area contributed by atoms with Gasteiger partial charge < -0.3 is 18.8 Å². The second-order valence-corrected chi connectivity index (χ2v) is 7.34. The Hall–Kier alpha value is -3.20. The number of benzene rings is 1. The van der Waals surface area contributed by atoms with Gasteiger partial charge in [0.2, 0.25) is 5.58 Å². The van der Waals surface area contributed by atoms with Crippen molar-refractivity contribution in [2.45, 2.75) is 38.0 Å². The number of carbonyl (C=O) groups is 2. The Morgan fingerprint density at radius 3 is 2.83 bits per heavy atom. The normalized spacial score (nSPS) is 19.3. The van der Waals surface area contributed by atoms with E-state index in [2.05, 4.69) is 4.98 Å². The third kappa shape index (κ3) is 3.56. The summed E-state index contributed by atoms with van der Waals surface area (Å²) in [6, 6.07) is 6.82. The lowest BCUT2D eigenvalue weighted by Gasteiger charge is -2.39. The highest BCUT2D eigenvalue weighted by Gasteiger charge is 2.36. The van der Waals surface area contributed by atoms with E-state index in [4.69, 9.17) is 13.9 Å². The molecule has 9 heteroatoms. The Labute approximate surface area is 172 Å². The molecule has 1 amide bonds. The van der Waals surface area contributed by atoms with Crippen molar-refractivity contribution in [3.8, 4) is 0 Å². The first kappa shape index (κ1) is 20.1. The summed E-state index contributed by atoms with van der Waals surface area (Å²) in [5, 5.41) is 0.752. The molecule has 2 aromatic heterocycles. The molecule has 1 aliphatic rings. The summed E-state index contributed by atoms with van der Waals surface area (Å²) in [7, 11) is 2.87. The summed E-state index contributed by atoms with van der Waals surface area (Å²) >= 11 is 0. The van der Waals surface area contributed by atoms with Crippen LogP contribution in [0.25, 0.3) is 22.1 Å². The lowest BCUT2D eigenvalue weighted by molar-refractivity contribution is -0.122. The summed E-state index contributed by atoms with van der Waals surface area (Å²) in [6.07, 6.45) is 2.17. The number of likely N-dealkylation sites (tertiary alicyclic amines) is 1. The first-order valence-corrected chi connectivity index (χ1v) is 9.79. The predicted molar refractivity (Wildman–Crippen MR) is 108 cm³/mol. The van der Waals surface area contributed by atoms with E-state index in [0.717, 1.165) is 18.2 Å². The Balaban J connectivity index is 1.57. The summed E-state index contributed by atoms with van der Waals surface area (Å²) in [6.45, 7) is 0.331. The number of methoxy groups -OCH3 is 2. The summed E-state index contributed by atoms with van der Waals surface area (Å²) < 4.78 is 17.2. The van der Waals surface area contributed by atoms with Crippen molar-refractivity contribution in [3.05, 3.63) is 40.9 Å². The van der Waals surface area contributed by atoms with Gasteiger partial charge in [0.1, 0.15) is 11.1 Å². The molecule has 0 saturated carbocycles. The molecule has 1 aliphatic heterocycles. The van der Waals surface area contributed by atoms with Gasteiger partial charge in [-0.1, -0.05) is 12.1 Å². The number of Topliss-reactive ketones (excluding diaryl/α,β-unsaturated/α-hetero) is 1. The Bertz CT molecular complexity index is 1150. The summed E-state index contributed by atoms with van der Waals surface area (Å²) in [4.78, 5) is 43.6. The molecule has 3 aromatic rings. The zero-order valence-corrected chi connectivity index (χ0v) is 16.9. The van der Waals surface area contributed by atoms with Crippen LogP contribution in [0.4, 0.5) is 4.79 Å². The van der Waals surface area contributed by atoms with Gasteiger partial charge >= 0.3 is 6.09 Å². The third-order valence-electron chi connectivity index (χ3n) is 5.56. The highest BCUT2D eigenvalue weighted by Crippen LogP contribution is 2.25. The number of ketones is 1. The van der Waals surface area contributed by atoms with Crippen molar-refractivity contribution in [1.29, 1.82) is 0 Å². The third-order valence-corrected chi connectivity index (χ3v) is 5.56. The molecule has 3 heterocycles. The fourth-order valence-corrected chi connectivity index (χ4v) is 4.10. The number of aromatic nitrogens is 2. The largest absolute Gasteiger partial charge is 0.453 e. The first-order chi connectivity index (χ1) is 14.5. The summed E-state index contributed by atoms with van der Waals surface area (Å²) in [5.41, 5.74) is 0.749. The minimum absolute atomic E-state index is 0.0538. The number of para-hydroxylation sites is 1. The van der Waals surface area contributed by atoms with Gasteiger partial charge in [0.15, 0.2) is 5.78 Å². The molecule has 1 fully saturated rings. The Morgan fingerprint density at radius 2 is 2.07 bits per heavy atom. The van der Waals surface area contributed by atoms with Crippen LogP contribution in [-0.4, -0.2) is 59.2 Å². The molecule has 2 unspecified atom stereocenters. The van der Waals surface area contributed by atoms with Gasteiger partial charge in [-0.2, -0.15) is 0 Å². The number of amides is 1. The smallest absolute Gasteiger partial charge is 0.409 e. The van der Waals surface area contributed by atoms with Crippen molar-refractivity contribution in [3.63, 3.8) is 0 Å². The molecule has 0 spiro atoms. The van der Waals surface area contributed by atoms with Crippen LogP contribution in [0.1, 0.15) is 19.3 Å². The van der Waals surface area contributed by atoms with Crippen LogP contribution in [0.5, 0.6) is 0 Å². The lowest BCUT2D eigenvalue weighted by Crippen LogP contribution is -2.52. The molecule has 0 N–H and O–H groups in total. The van der Waals surface area contributed by atoms with Gasteiger partial charge in [-0.05, 0) is 25.0 Å². The van der Waals surface area contributed by atoms with Gasteiger partial charge in [0, 0.05) is 25.5 Å². The predicted octanol–water partition coefficient (Wildman–Crippen LogP) is 2.35. The number of piperidine rings is 1. The van der Waals surface area contributed by atoms with Gasteiger partial charge in [0.25, 0.3) is 5.56 Å². The highest BCUT2D eigenvalue weighted by atomic mass is 16.5. The first-order valence-electron chi connectivity index (χ1n) is 9.79. The number of nitrogens with zero attached hydrogens (tertiary/aromatic N) is 3. The molecule has 1 aromatic carbocycles. The summed E-state index contributed by atoms with van der Waals surface area (Å²) in [5.74, 6) is -0.211. The number of carbonyl (C=O) groups excluding carboxylic acids is 2. The molecule has 4 rings (SSSR count). The van der Waals surface area contributed by atoms with Gasteiger partial charge in [-0.25, -0.2) is 9.78 Å². The van der Waals surface area contributed by atoms with Gasteiger partial charge in [0.05, 0.1) is 32.1 Å². The van der Waals surface area contributed by atoms with E-state index in [0.29, 0.717) is 17.6 Å². The standard InChI is InChI=1S/C21H23N3O6/c1-28-17-8-5-9-24(21(27)29-2)15(17)10-13(25)11-23-12-22-18-14-6-3-4-7-16(14)30-19(18)20(23)26/h3-4,6-7,12,15,17H,5,8-11H2,1-2H3.